The van der Waals surface area contributed by atoms with E-state index in [0.717, 1.165) is 12.8 Å². The molecule has 15 heavy (non-hydrogen) atoms. The first-order valence-electron chi connectivity index (χ1n) is 5.86. The second kappa shape index (κ2) is 3.53. The molecule has 2 fully saturated rings. The molecular formula is C13H17NO. The molecule has 3 rings (SSSR count). The second-order valence-electron chi connectivity index (χ2n) is 4.75. The van der Waals surface area contributed by atoms with E-state index in [0.29, 0.717) is 12.1 Å². The molecule has 0 radical (unpaired) electrons. The van der Waals surface area contributed by atoms with Gasteiger partial charge >= 0.3 is 0 Å². The number of fused-ring (bicyclic) bond motifs is 2. The Kier molecular flexibility index (Phi) is 2.17. The number of hydrogen-bond donors (Lipinski definition) is 1. The van der Waals surface area contributed by atoms with E-state index in [1.807, 2.05) is 0 Å². The van der Waals surface area contributed by atoms with Gasteiger partial charge in [0.15, 0.2) is 0 Å². The Hall–Kier alpha value is -1.02. The smallest absolute Gasteiger partial charge is 0.0579 e. The van der Waals surface area contributed by atoms with Gasteiger partial charge in [0.25, 0.3) is 0 Å². The number of anilines is 1. The van der Waals surface area contributed by atoms with Crippen molar-refractivity contribution in [3.8, 4) is 0 Å². The van der Waals surface area contributed by atoms with Crippen LogP contribution in [-0.2, 0) is 0 Å². The molecule has 0 aliphatic carbocycles. The highest BCUT2D eigenvalue weighted by Gasteiger charge is 2.39. The Morgan fingerprint density at radius 2 is 1.60 bits per heavy atom. The molecule has 0 amide bonds. The molecule has 1 N–H and O–H groups in total. The van der Waals surface area contributed by atoms with Crippen LogP contribution in [0.1, 0.15) is 25.7 Å². The van der Waals surface area contributed by atoms with E-state index in [-0.39, 0.29) is 6.10 Å². The van der Waals surface area contributed by atoms with Crippen molar-refractivity contribution >= 4 is 5.69 Å². The summed E-state index contributed by atoms with van der Waals surface area (Å²) in [4.78, 5) is 2.52. The van der Waals surface area contributed by atoms with Crippen molar-refractivity contribution in [1.82, 2.24) is 0 Å². The molecule has 0 saturated carbocycles. The van der Waals surface area contributed by atoms with E-state index in [9.17, 15) is 5.11 Å². The molecule has 2 heterocycles. The molecular weight excluding hydrogens is 186 g/mol. The van der Waals surface area contributed by atoms with Gasteiger partial charge in [0.1, 0.15) is 0 Å². The first-order chi connectivity index (χ1) is 7.34. The van der Waals surface area contributed by atoms with Crippen molar-refractivity contribution in [3.05, 3.63) is 30.3 Å². The molecule has 1 aromatic carbocycles. The SMILES string of the molecule is OC1CC2CCC(C1)N2c1ccccc1. The van der Waals surface area contributed by atoms with E-state index >= 15 is 0 Å². The van der Waals surface area contributed by atoms with E-state index < -0.39 is 0 Å². The third-order valence-corrected chi connectivity index (χ3v) is 3.76. The minimum atomic E-state index is -0.0672. The lowest BCUT2D eigenvalue weighted by Gasteiger charge is -2.39. The van der Waals surface area contributed by atoms with Gasteiger partial charge in [0.2, 0.25) is 0 Å². The van der Waals surface area contributed by atoms with Crippen LogP contribution in [-0.4, -0.2) is 23.3 Å². The van der Waals surface area contributed by atoms with Gasteiger partial charge < -0.3 is 10.0 Å². The minimum Gasteiger partial charge on any atom is -0.393 e. The lowest BCUT2D eigenvalue weighted by Crippen LogP contribution is -2.44. The van der Waals surface area contributed by atoms with Gasteiger partial charge in [0, 0.05) is 17.8 Å². The van der Waals surface area contributed by atoms with Crippen LogP contribution >= 0.6 is 0 Å². The van der Waals surface area contributed by atoms with Gasteiger partial charge in [-0.3, -0.25) is 0 Å². The number of aliphatic hydroxyl groups is 1. The van der Waals surface area contributed by atoms with Gasteiger partial charge in [-0.05, 0) is 37.8 Å². The number of para-hydroxylation sites is 1. The van der Waals surface area contributed by atoms with Gasteiger partial charge in [-0.25, -0.2) is 0 Å². The summed E-state index contributed by atoms with van der Waals surface area (Å²) in [6.45, 7) is 0. The summed E-state index contributed by atoms with van der Waals surface area (Å²) in [5, 5.41) is 9.73. The molecule has 1 aromatic rings. The Morgan fingerprint density at radius 1 is 1.00 bits per heavy atom. The molecule has 0 spiro atoms. The van der Waals surface area contributed by atoms with Crippen LogP contribution in [0, 0.1) is 0 Å². The summed E-state index contributed by atoms with van der Waals surface area (Å²) in [7, 11) is 0. The number of nitrogens with zero attached hydrogens (tertiary/aromatic N) is 1. The monoisotopic (exact) mass is 203 g/mol. The van der Waals surface area contributed by atoms with Crippen molar-refractivity contribution in [2.75, 3.05) is 4.90 Å². The van der Waals surface area contributed by atoms with Crippen LogP contribution < -0.4 is 4.90 Å². The summed E-state index contributed by atoms with van der Waals surface area (Å²) in [6, 6.07) is 11.8. The third-order valence-electron chi connectivity index (χ3n) is 3.76. The number of hydrogen-bond acceptors (Lipinski definition) is 2. The Morgan fingerprint density at radius 3 is 2.20 bits per heavy atom. The van der Waals surface area contributed by atoms with Crippen molar-refractivity contribution in [1.29, 1.82) is 0 Å². The number of piperidine rings is 1. The maximum absolute atomic E-state index is 9.73. The fourth-order valence-corrected chi connectivity index (χ4v) is 3.17. The van der Waals surface area contributed by atoms with Gasteiger partial charge in [-0.15, -0.1) is 0 Å². The Labute approximate surface area is 90.5 Å². The fraction of sp³-hybridized carbons (Fsp3) is 0.538. The molecule has 2 saturated heterocycles. The lowest BCUT2D eigenvalue weighted by atomic mass is 9.99. The van der Waals surface area contributed by atoms with Crippen LogP contribution in [0.4, 0.5) is 5.69 Å². The van der Waals surface area contributed by atoms with E-state index in [4.69, 9.17) is 0 Å². The fourth-order valence-electron chi connectivity index (χ4n) is 3.17. The Balaban J connectivity index is 1.89. The highest BCUT2D eigenvalue weighted by atomic mass is 16.3. The van der Waals surface area contributed by atoms with Crippen LogP contribution in [0.2, 0.25) is 0 Å². The van der Waals surface area contributed by atoms with Crippen molar-refractivity contribution in [3.63, 3.8) is 0 Å². The molecule has 2 heteroatoms. The van der Waals surface area contributed by atoms with Gasteiger partial charge in [-0.2, -0.15) is 0 Å². The number of rotatable bonds is 1. The normalized spacial score (nSPS) is 34.5. The zero-order valence-corrected chi connectivity index (χ0v) is 8.84. The molecule has 2 aliphatic rings. The molecule has 80 valence electrons. The van der Waals surface area contributed by atoms with Gasteiger partial charge in [0.05, 0.1) is 6.10 Å². The highest BCUT2D eigenvalue weighted by Crippen LogP contribution is 2.38. The zero-order valence-electron chi connectivity index (χ0n) is 8.84. The quantitative estimate of drug-likeness (QED) is 0.756. The second-order valence-corrected chi connectivity index (χ2v) is 4.75. The maximum atomic E-state index is 9.73. The summed E-state index contributed by atoms with van der Waals surface area (Å²) in [5.74, 6) is 0. The predicted molar refractivity (Wildman–Crippen MR) is 61.0 cm³/mol. The van der Waals surface area contributed by atoms with E-state index in [2.05, 4.69) is 35.2 Å². The van der Waals surface area contributed by atoms with Crippen LogP contribution in [0.5, 0.6) is 0 Å². The van der Waals surface area contributed by atoms with E-state index in [1.54, 1.807) is 0 Å². The largest absolute Gasteiger partial charge is 0.393 e. The maximum Gasteiger partial charge on any atom is 0.0579 e. The van der Waals surface area contributed by atoms with E-state index in [1.165, 1.54) is 18.5 Å². The molecule has 2 bridgehead atoms. The summed E-state index contributed by atoms with van der Waals surface area (Å²) in [6.07, 6.45) is 4.33. The topological polar surface area (TPSA) is 23.5 Å². The molecule has 2 atom stereocenters. The average Bonchev–Trinajstić information content (AvgIpc) is 2.53. The molecule has 2 aliphatic heterocycles. The standard InChI is InChI=1S/C13H17NO/c15-13-8-11-6-7-12(9-13)14(11)10-4-2-1-3-5-10/h1-5,11-13,15H,6-9H2. The third kappa shape index (κ3) is 1.53. The average molecular weight is 203 g/mol. The summed E-state index contributed by atoms with van der Waals surface area (Å²) < 4.78 is 0. The van der Waals surface area contributed by atoms with Crippen molar-refractivity contribution in [2.45, 2.75) is 43.9 Å². The highest BCUT2D eigenvalue weighted by molar-refractivity contribution is 5.50. The molecule has 2 unspecified atom stereocenters. The number of aliphatic hydroxyl groups excluding tert-OH is 1. The zero-order chi connectivity index (χ0) is 10.3. The first kappa shape index (κ1) is 9.22. The number of benzene rings is 1. The minimum absolute atomic E-state index is 0.0672. The predicted octanol–water partition coefficient (Wildman–Crippen LogP) is 2.18. The summed E-state index contributed by atoms with van der Waals surface area (Å²) in [5.41, 5.74) is 1.33. The first-order valence-corrected chi connectivity index (χ1v) is 5.86. The van der Waals surface area contributed by atoms with Crippen molar-refractivity contribution in [2.24, 2.45) is 0 Å². The summed E-state index contributed by atoms with van der Waals surface area (Å²) >= 11 is 0. The van der Waals surface area contributed by atoms with Crippen LogP contribution in [0.15, 0.2) is 30.3 Å². The lowest BCUT2D eigenvalue weighted by molar-refractivity contribution is 0.126. The van der Waals surface area contributed by atoms with Crippen LogP contribution in [0.3, 0.4) is 0 Å². The Bertz CT molecular complexity index is 324. The van der Waals surface area contributed by atoms with Crippen molar-refractivity contribution < 1.29 is 5.11 Å². The molecule has 0 aromatic heterocycles. The van der Waals surface area contributed by atoms with Gasteiger partial charge in [-0.1, -0.05) is 18.2 Å². The van der Waals surface area contributed by atoms with Crippen LogP contribution in [0.25, 0.3) is 0 Å². The molecule has 2 nitrogen and oxygen atoms in total.